The summed E-state index contributed by atoms with van der Waals surface area (Å²) in [6.45, 7) is 6.05. The van der Waals surface area contributed by atoms with E-state index in [9.17, 15) is 0 Å². The van der Waals surface area contributed by atoms with Gasteiger partial charge in [0, 0.05) is 16.7 Å². The Labute approximate surface area is 328 Å². The van der Waals surface area contributed by atoms with Gasteiger partial charge < -0.3 is 0 Å². The highest BCUT2D eigenvalue weighted by Crippen LogP contribution is 2.58. The molecule has 3 heteroatoms. The second-order valence-electron chi connectivity index (χ2n) is 13.9. The van der Waals surface area contributed by atoms with Crippen molar-refractivity contribution in [3.05, 3.63) is 241 Å². The maximum atomic E-state index is 5.29. The van der Waals surface area contributed by atoms with Gasteiger partial charge in [-0.1, -0.05) is 213 Å². The lowest BCUT2D eigenvalue weighted by molar-refractivity contribution is 0.768. The summed E-state index contributed by atoms with van der Waals surface area (Å²) in [6.07, 6.45) is 7.99. The van der Waals surface area contributed by atoms with Crippen molar-refractivity contribution in [3.63, 3.8) is 0 Å². The zero-order valence-corrected chi connectivity index (χ0v) is 31.2. The van der Waals surface area contributed by atoms with Crippen LogP contribution in [0.1, 0.15) is 34.7 Å². The minimum Gasteiger partial charge on any atom is -0.208 e. The normalized spacial score (nSPS) is 13.0. The molecule has 0 N–H and O–H groups in total. The molecule has 0 spiro atoms. The van der Waals surface area contributed by atoms with Gasteiger partial charge in [-0.15, -0.1) is 0 Å². The molecule has 56 heavy (non-hydrogen) atoms. The van der Waals surface area contributed by atoms with Crippen molar-refractivity contribution >= 4 is 5.57 Å². The highest BCUT2D eigenvalue weighted by molar-refractivity contribution is 5.94. The molecule has 0 radical (unpaired) electrons. The van der Waals surface area contributed by atoms with Crippen LogP contribution in [0.3, 0.4) is 0 Å². The Hall–Kier alpha value is -7.23. The molecule has 0 unspecified atom stereocenters. The molecule has 1 aliphatic rings. The summed E-state index contributed by atoms with van der Waals surface area (Å²) in [5.41, 5.74) is 13.9. The van der Waals surface area contributed by atoms with Gasteiger partial charge in [-0.25, -0.2) is 15.0 Å². The molecule has 0 saturated heterocycles. The van der Waals surface area contributed by atoms with Crippen LogP contribution in [-0.2, 0) is 5.41 Å². The molecular weight excluding hydrogens is 679 g/mol. The SMILES string of the molecule is C=C/C(=C\C=C/C)c1ccc(-c2nc(-c3ccc(-c4ccccc4)cc3)nc(-c3cccc4c3-c3ccccc3C4(c3ccccc3)c3ccccc3)n2)cc1. The van der Waals surface area contributed by atoms with E-state index in [1.807, 2.05) is 31.2 Å². The second-order valence-corrected chi connectivity index (χ2v) is 13.9. The van der Waals surface area contributed by atoms with Gasteiger partial charge in [0.05, 0.1) is 5.41 Å². The molecule has 0 bridgehead atoms. The Balaban J connectivity index is 1.26. The molecule has 0 atom stereocenters. The molecule has 8 aromatic rings. The third-order valence-corrected chi connectivity index (χ3v) is 10.8. The molecule has 1 heterocycles. The lowest BCUT2D eigenvalue weighted by atomic mass is 9.67. The first-order valence-corrected chi connectivity index (χ1v) is 19.0. The highest BCUT2D eigenvalue weighted by atomic mass is 15.0. The maximum absolute atomic E-state index is 5.29. The van der Waals surface area contributed by atoms with Gasteiger partial charge in [0.2, 0.25) is 0 Å². The third-order valence-electron chi connectivity index (χ3n) is 10.8. The summed E-state index contributed by atoms with van der Waals surface area (Å²) in [5, 5.41) is 0. The van der Waals surface area contributed by atoms with Crippen LogP contribution >= 0.6 is 0 Å². The zero-order valence-electron chi connectivity index (χ0n) is 31.2. The van der Waals surface area contributed by atoms with Crippen molar-refractivity contribution < 1.29 is 0 Å². The van der Waals surface area contributed by atoms with E-state index in [0.717, 1.165) is 44.5 Å². The second kappa shape index (κ2) is 14.9. The van der Waals surface area contributed by atoms with E-state index in [4.69, 9.17) is 15.0 Å². The monoisotopic (exact) mass is 717 g/mol. The predicted octanol–water partition coefficient (Wildman–Crippen LogP) is 13.0. The fourth-order valence-electron chi connectivity index (χ4n) is 8.17. The van der Waals surface area contributed by atoms with Crippen LogP contribution < -0.4 is 0 Å². The van der Waals surface area contributed by atoms with E-state index in [0.29, 0.717) is 17.5 Å². The average Bonchev–Trinajstić information content (AvgIpc) is 3.59. The van der Waals surface area contributed by atoms with E-state index in [1.165, 1.54) is 27.8 Å². The summed E-state index contributed by atoms with van der Waals surface area (Å²) in [7, 11) is 0. The van der Waals surface area contributed by atoms with Crippen LogP contribution in [0.15, 0.2) is 213 Å². The van der Waals surface area contributed by atoms with Crippen molar-refractivity contribution in [2.75, 3.05) is 0 Å². The van der Waals surface area contributed by atoms with E-state index < -0.39 is 5.41 Å². The first-order chi connectivity index (χ1) is 27.7. The molecule has 266 valence electrons. The molecule has 3 nitrogen and oxygen atoms in total. The van der Waals surface area contributed by atoms with Crippen molar-refractivity contribution in [1.29, 1.82) is 0 Å². The number of fused-ring (bicyclic) bond motifs is 3. The average molecular weight is 718 g/mol. The van der Waals surface area contributed by atoms with Crippen molar-refractivity contribution in [2.45, 2.75) is 12.3 Å². The number of hydrogen-bond donors (Lipinski definition) is 0. The lowest BCUT2D eigenvalue weighted by Crippen LogP contribution is -2.28. The zero-order chi connectivity index (χ0) is 37.9. The van der Waals surface area contributed by atoms with Gasteiger partial charge in [-0.3, -0.25) is 0 Å². The molecule has 1 aliphatic carbocycles. The summed E-state index contributed by atoms with van der Waals surface area (Å²) in [5.74, 6) is 1.86. The van der Waals surface area contributed by atoms with E-state index in [1.54, 1.807) is 0 Å². The molecule has 0 amide bonds. The predicted molar refractivity (Wildman–Crippen MR) is 232 cm³/mol. The van der Waals surface area contributed by atoms with Crippen LogP contribution in [0.25, 0.3) is 62.0 Å². The van der Waals surface area contributed by atoms with Crippen LogP contribution in [0.4, 0.5) is 0 Å². The van der Waals surface area contributed by atoms with Gasteiger partial charge in [-0.2, -0.15) is 0 Å². The van der Waals surface area contributed by atoms with Crippen LogP contribution in [0.5, 0.6) is 0 Å². The Morgan fingerprint density at radius 1 is 0.464 bits per heavy atom. The quantitative estimate of drug-likeness (QED) is 0.140. The number of nitrogens with zero attached hydrogens (tertiary/aromatic N) is 3. The first kappa shape index (κ1) is 34.5. The lowest BCUT2D eigenvalue weighted by Gasteiger charge is -2.33. The smallest absolute Gasteiger partial charge is 0.164 e. The topological polar surface area (TPSA) is 38.7 Å². The summed E-state index contributed by atoms with van der Waals surface area (Å²) in [4.78, 5) is 15.7. The Kier molecular flexibility index (Phi) is 9.18. The summed E-state index contributed by atoms with van der Waals surface area (Å²) in [6, 6.07) is 64.4. The number of aromatic nitrogens is 3. The van der Waals surface area contributed by atoms with Crippen LogP contribution in [-0.4, -0.2) is 15.0 Å². The number of benzene rings is 7. The van der Waals surface area contributed by atoms with Crippen molar-refractivity contribution in [2.24, 2.45) is 0 Å². The van der Waals surface area contributed by atoms with Gasteiger partial charge >= 0.3 is 0 Å². The molecule has 7 aromatic carbocycles. The fraction of sp³-hybridized carbons (Fsp3) is 0.0377. The molecule has 9 rings (SSSR count). The third kappa shape index (κ3) is 6.00. The minimum atomic E-state index is -0.532. The minimum absolute atomic E-state index is 0.532. The molecule has 0 fully saturated rings. The standard InChI is InChI=1S/C53H39N3/c1-3-5-18-37(4-2)39-29-33-41(34-30-39)50-54-51(42-35-31-40(32-36-42)38-19-9-6-10-20-38)56-52(55-50)46-26-17-28-48-49(46)45-25-15-16-27-47(45)53(48,43-21-11-7-12-22-43)44-23-13-8-14-24-44/h3-36H,2H2,1H3/b5-3-,37-18+. The van der Waals surface area contributed by atoms with Crippen LogP contribution in [0, 0.1) is 0 Å². The molecule has 1 aromatic heterocycles. The maximum Gasteiger partial charge on any atom is 0.164 e. The first-order valence-electron chi connectivity index (χ1n) is 19.0. The fourth-order valence-corrected chi connectivity index (χ4v) is 8.17. The number of allylic oxidation sites excluding steroid dienone is 5. The Bertz CT molecular complexity index is 2690. The largest absolute Gasteiger partial charge is 0.208 e. The van der Waals surface area contributed by atoms with Crippen molar-refractivity contribution in [1.82, 2.24) is 15.0 Å². The Morgan fingerprint density at radius 2 is 0.946 bits per heavy atom. The summed E-state index contributed by atoms with van der Waals surface area (Å²) < 4.78 is 0. The summed E-state index contributed by atoms with van der Waals surface area (Å²) >= 11 is 0. The molecular formula is C53H39N3. The number of hydrogen-bond acceptors (Lipinski definition) is 3. The molecule has 0 saturated carbocycles. The van der Waals surface area contributed by atoms with Gasteiger partial charge in [-0.05, 0) is 62.6 Å². The Morgan fingerprint density at radius 3 is 1.55 bits per heavy atom. The van der Waals surface area contributed by atoms with E-state index in [-0.39, 0.29) is 0 Å². The van der Waals surface area contributed by atoms with E-state index >= 15 is 0 Å². The van der Waals surface area contributed by atoms with Gasteiger partial charge in [0.15, 0.2) is 17.5 Å². The number of rotatable bonds is 9. The highest BCUT2D eigenvalue weighted by Gasteiger charge is 2.47. The van der Waals surface area contributed by atoms with Gasteiger partial charge in [0.1, 0.15) is 0 Å². The van der Waals surface area contributed by atoms with Crippen molar-refractivity contribution in [3.8, 4) is 56.4 Å². The van der Waals surface area contributed by atoms with Gasteiger partial charge in [0.25, 0.3) is 0 Å². The van der Waals surface area contributed by atoms with E-state index in [2.05, 4.69) is 189 Å². The van der Waals surface area contributed by atoms with Crippen LogP contribution in [0.2, 0.25) is 0 Å². The molecule has 0 aliphatic heterocycles.